The van der Waals surface area contributed by atoms with E-state index >= 15 is 0 Å². The predicted molar refractivity (Wildman–Crippen MR) is 151 cm³/mol. The van der Waals surface area contributed by atoms with Crippen molar-refractivity contribution in [1.82, 2.24) is 14.7 Å². The topological polar surface area (TPSA) is 53.1 Å². The minimum Gasteiger partial charge on any atom is -0.447 e. The first-order valence-electron chi connectivity index (χ1n) is 15.2. The summed E-state index contributed by atoms with van der Waals surface area (Å²) in [5.74, 6) is -1.28. The summed E-state index contributed by atoms with van der Waals surface area (Å²) in [6.07, 6.45) is 7.54. The van der Waals surface area contributed by atoms with E-state index in [4.69, 9.17) is 4.74 Å². The molecule has 1 aromatic rings. The molecule has 8 heteroatoms. The first-order valence-corrected chi connectivity index (χ1v) is 15.2. The Hall–Kier alpha value is -2.22. The number of nitrogens with zero attached hydrogens (tertiary/aromatic N) is 3. The maximum atomic E-state index is 15.0. The van der Waals surface area contributed by atoms with Gasteiger partial charge in [0.15, 0.2) is 0 Å². The van der Waals surface area contributed by atoms with Gasteiger partial charge in [0.05, 0.1) is 11.5 Å². The number of likely N-dealkylation sites (tertiary alicyclic amines) is 2. The number of piperidine rings is 1. The van der Waals surface area contributed by atoms with Gasteiger partial charge in [0.25, 0.3) is 0 Å². The molecule has 1 saturated carbocycles. The smallest absolute Gasteiger partial charge is 0.410 e. The van der Waals surface area contributed by atoms with Gasteiger partial charge in [-0.05, 0) is 83.3 Å². The average Bonchev–Trinajstić information content (AvgIpc) is 3.46. The quantitative estimate of drug-likeness (QED) is 0.431. The van der Waals surface area contributed by atoms with Crippen LogP contribution >= 0.6 is 0 Å². The highest BCUT2D eigenvalue weighted by atomic mass is 19.1. The normalized spacial score (nSPS) is 27.7. The van der Waals surface area contributed by atoms with E-state index in [1.165, 1.54) is 44.2 Å². The second-order valence-electron chi connectivity index (χ2n) is 14.4. The van der Waals surface area contributed by atoms with E-state index in [1.54, 1.807) is 0 Å². The van der Waals surface area contributed by atoms with Crippen LogP contribution in [0.1, 0.15) is 91.0 Å². The fourth-order valence-electron chi connectivity index (χ4n) is 7.77. The summed E-state index contributed by atoms with van der Waals surface area (Å²) in [5.41, 5.74) is -0.111. The van der Waals surface area contributed by atoms with Gasteiger partial charge in [-0.15, -0.1) is 0 Å². The molecule has 40 heavy (non-hydrogen) atoms. The molecule has 4 aliphatic rings. The molecule has 2 amide bonds. The maximum Gasteiger partial charge on any atom is 0.410 e. The third kappa shape index (κ3) is 5.62. The van der Waals surface area contributed by atoms with Crippen molar-refractivity contribution in [3.05, 3.63) is 35.4 Å². The number of rotatable bonds is 5. The van der Waals surface area contributed by atoms with Crippen LogP contribution in [-0.2, 0) is 9.53 Å². The van der Waals surface area contributed by atoms with Gasteiger partial charge >= 0.3 is 6.09 Å². The van der Waals surface area contributed by atoms with E-state index < -0.39 is 11.6 Å². The van der Waals surface area contributed by atoms with Crippen LogP contribution in [0.25, 0.3) is 0 Å². The van der Waals surface area contributed by atoms with Gasteiger partial charge < -0.3 is 9.64 Å². The van der Waals surface area contributed by atoms with Gasteiger partial charge in [-0.2, -0.15) is 0 Å². The van der Waals surface area contributed by atoms with E-state index in [0.717, 1.165) is 18.9 Å². The Morgan fingerprint density at radius 3 is 2.30 bits per heavy atom. The van der Waals surface area contributed by atoms with Crippen molar-refractivity contribution in [2.45, 2.75) is 96.6 Å². The molecule has 0 unspecified atom stereocenters. The number of carbonyl (C=O) groups is 2. The third-order valence-electron chi connectivity index (χ3n) is 10.5. The molecule has 0 N–H and O–H groups in total. The highest BCUT2D eigenvalue weighted by molar-refractivity contribution is 5.81. The summed E-state index contributed by atoms with van der Waals surface area (Å²) >= 11 is 0. The van der Waals surface area contributed by atoms with Gasteiger partial charge in [0, 0.05) is 50.2 Å². The van der Waals surface area contributed by atoms with Gasteiger partial charge in [-0.25, -0.2) is 13.6 Å². The molecule has 3 aliphatic heterocycles. The zero-order valence-corrected chi connectivity index (χ0v) is 25.0. The van der Waals surface area contributed by atoms with Crippen LogP contribution in [-0.4, -0.2) is 77.1 Å². The van der Waals surface area contributed by atoms with Crippen molar-refractivity contribution in [2.24, 2.45) is 17.3 Å². The van der Waals surface area contributed by atoms with E-state index in [0.29, 0.717) is 50.8 Å². The molecule has 0 radical (unpaired) electrons. The summed E-state index contributed by atoms with van der Waals surface area (Å²) in [6, 6.07) is 3.74. The maximum absolute atomic E-state index is 15.0. The molecule has 0 bridgehead atoms. The summed E-state index contributed by atoms with van der Waals surface area (Å²) in [4.78, 5) is 33.1. The van der Waals surface area contributed by atoms with Crippen LogP contribution in [0.2, 0.25) is 0 Å². The molecule has 222 valence electrons. The van der Waals surface area contributed by atoms with E-state index in [2.05, 4.69) is 39.5 Å². The van der Waals surface area contributed by atoms with Crippen molar-refractivity contribution in [2.75, 3.05) is 39.3 Å². The minimum absolute atomic E-state index is 0.0343. The number of hydrogen-bond acceptors (Lipinski definition) is 4. The highest BCUT2D eigenvalue weighted by Crippen LogP contribution is 2.48. The molecular weight excluding hydrogens is 512 g/mol. The van der Waals surface area contributed by atoms with Crippen molar-refractivity contribution >= 4 is 12.0 Å². The monoisotopic (exact) mass is 559 g/mol. The van der Waals surface area contributed by atoms with Crippen LogP contribution in [0.5, 0.6) is 0 Å². The lowest BCUT2D eigenvalue weighted by atomic mass is 9.63. The number of amides is 2. The fraction of sp³-hybridized carbons (Fsp3) is 0.750. The van der Waals surface area contributed by atoms with Crippen LogP contribution < -0.4 is 0 Å². The SMILES string of the molecule is CC(C)(C)N1C[C@H](C(=O)N2CCC(CN3C(=O)OCC3(C)C)(C3CCCCC3)CC2)[C@@H](c2ccc(F)cc2F)C1. The number of carbonyl (C=O) groups excluding carboxylic acids is 2. The number of hydrogen-bond donors (Lipinski definition) is 0. The molecule has 5 rings (SSSR count). The molecule has 6 nitrogen and oxygen atoms in total. The molecule has 2 atom stereocenters. The predicted octanol–water partition coefficient (Wildman–Crippen LogP) is 6.20. The molecule has 0 spiro atoms. The molecule has 4 fully saturated rings. The molecule has 1 aliphatic carbocycles. The van der Waals surface area contributed by atoms with Crippen molar-refractivity contribution < 1.29 is 23.1 Å². The summed E-state index contributed by atoms with van der Waals surface area (Å²) in [7, 11) is 0. The number of benzene rings is 1. The number of ether oxygens (including phenoxy) is 1. The fourth-order valence-corrected chi connectivity index (χ4v) is 7.77. The van der Waals surface area contributed by atoms with Crippen LogP contribution in [0, 0.1) is 28.9 Å². The third-order valence-corrected chi connectivity index (χ3v) is 10.5. The van der Waals surface area contributed by atoms with Crippen LogP contribution in [0.15, 0.2) is 18.2 Å². The van der Waals surface area contributed by atoms with Gasteiger partial charge in [0.1, 0.15) is 18.2 Å². The van der Waals surface area contributed by atoms with Crippen LogP contribution in [0.3, 0.4) is 0 Å². The summed E-state index contributed by atoms with van der Waals surface area (Å²) in [5, 5.41) is 0. The lowest BCUT2D eigenvalue weighted by molar-refractivity contribution is -0.139. The molecule has 3 heterocycles. The highest BCUT2D eigenvalue weighted by Gasteiger charge is 2.51. The van der Waals surface area contributed by atoms with Crippen LogP contribution in [0.4, 0.5) is 13.6 Å². The zero-order valence-electron chi connectivity index (χ0n) is 25.0. The Morgan fingerprint density at radius 2 is 1.73 bits per heavy atom. The molecular formula is C32H47F2N3O3. The Kier molecular flexibility index (Phi) is 7.97. The van der Waals surface area contributed by atoms with Crippen molar-refractivity contribution in [3.8, 4) is 0 Å². The Morgan fingerprint density at radius 1 is 1.05 bits per heavy atom. The molecule has 0 aromatic heterocycles. The number of cyclic esters (lactones) is 1. The van der Waals surface area contributed by atoms with E-state index in [1.807, 2.05) is 9.80 Å². The Labute approximate surface area is 238 Å². The average molecular weight is 560 g/mol. The van der Waals surface area contributed by atoms with Gasteiger partial charge in [0.2, 0.25) is 5.91 Å². The molecule has 1 aromatic carbocycles. The molecule has 3 saturated heterocycles. The minimum atomic E-state index is -0.602. The number of halogens is 2. The second-order valence-corrected chi connectivity index (χ2v) is 14.4. The lowest BCUT2D eigenvalue weighted by Gasteiger charge is -2.51. The standard InChI is InChI=1S/C32H47F2N3O3/c1-30(2,3)36-18-25(24-12-11-23(33)17-27(24)34)26(19-36)28(38)35-15-13-32(14-16-35,22-9-7-6-8-10-22)20-37-29(39)40-21-31(37,4)5/h11-12,17,22,25-26H,6-10,13-16,18-21H2,1-5H3/t25-,26+/m1/s1. The van der Waals surface area contributed by atoms with E-state index in [-0.39, 0.29) is 40.3 Å². The first kappa shape index (κ1) is 29.3. The van der Waals surface area contributed by atoms with Crippen molar-refractivity contribution in [1.29, 1.82) is 0 Å². The van der Waals surface area contributed by atoms with E-state index in [9.17, 15) is 18.4 Å². The zero-order chi connectivity index (χ0) is 28.9. The summed E-state index contributed by atoms with van der Waals surface area (Å²) in [6.45, 7) is 14.0. The Balaban J connectivity index is 1.36. The first-order chi connectivity index (χ1) is 18.8. The summed E-state index contributed by atoms with van der Waals surface area (Å²) < 4.78 is 34.2. The lowest BCUT2D eigenvalue weighted by Crippen LogP contribution is -2.55. The van der Waals surface area contributed by atoms with Gasteiger partial charge in [-0.3, -0.25) is 14.6 Å². The van der Waals surface area contributed by atoms with Crippen molar-refractivity contribution in [3.63, 3.8) is 0 Å². The van der Waals surface area contributed by atoms with Gasteiger partial charge in [-0.1, -0.05) is 25.3 Å². The Bertz CT molecular complexity index is 1100. The largest absolute Gasteiger partial charge is 0.447 e. The second kappa shape index (κ2) is 10.9.